The minimum atomic E-state index is -0.443. The number of hydrogen-bond acceptors (Lipinski definition) is 3. The molecule has 0 saturated heterocycles. The molecular formula is C13H11BrClFN2O. The van der Waals surface area contributed by atoms with Crippen LogP contribution in [0.15, 0.2) is 34.9 Å². The fourth-order valence-corrected chi connectivity index (χ4v) is 2.19. The van der Waals surface area contributed by atoms with Crippen LogP contribution in [0, 0.1) is 5.82 Å². The maximum atomic E-state index is 13.2. The molecule has 0 saturated carbocycles. The number of ether oxygens (including phenoxy) is 1. The Morgan fingerprint density at radius 3 is 2.89 bits per heavy atom. The summed E-state index contributed by atoms with van der Waals surface area (Å²) in [6.07, 6.45) is 1.13. The lowest BCUT2D eigenvalue weighted by Gasteiger charge is -2.17. The van der Waals surface area contributed by atoms with E-state index in [0.717, 1.165) is 4.47 Å². The lowest BCUT2D eigenvalue weighted by atomic mass is 10.1. The number of rotatable bonds is 3. The Morgan fingerprint density at radius 1 is 1.42 bits per heavy atom. The normalized spacial score (nSPS) is 12.2. The van der Waals surface area contributed by atoms with Crippen LogP contribution < -0.4 is 10.5 Å². The van der Waals surface area contributed by atoms with E-state index in [1.807, 2.05) is 0 Å². The fraction of sp³-hybridized carbons (Fsp3) is 0.154. The van der Waals surface area contributed by atoms with Crippen LogP contribution in [-0.2, 0) is 0 Å². The second kappa shape index (κ2) is 5.75. The van der Waals surface area contributed by atoms with E-state index in [0.29, 0.717) is 16.3 Å². The molecule has 0 radical (unpaired) electrons. The average molecular weight is 346 g/mol. The highest BCUT2D eigenvalue weighted by Crippen LogP contribution is 2.31. The molecule has 1 atom stereocenters. The van der Waals surface area contributed by atoms with Crippen molar-refractivity contribution in [3.05, 3.63) is 51.3 Å². The number of nitrogen functional groups attached to an aromatic ring is 1. The van der Waals surface area contributed by atoms with Crippen LogP contribution in [0.3, 0.4) is 0 Å². The van der Waals surface area contributed by atoms with Gasteiger partial charge in [0.15, 0.2) is 11.6 Å². The summed E-state index contributed by atoms with van der Waals surface area (Å²) >= 11 is 9.31. The lowest BCUT2D eigenvalue weighted by molar-refractivity contribution is 0.227. The molecule has 0 fully saturated rings. The van der Waals surface area contributed by atoms with Crippen LogP contribution in [-0.4, -0.2) is 4.98 Å². The van der Waals surface area contributed by atoms with Gasteiger partial charge in [0.05, 0.1) is 0 Å². The van der Waals surface area contributed by atoms with Crippen molar-refractivity contribution in [2.24, 2.45) is 0 Å². The molecule has 2 N–H and O–H groups in total. The minimum absolute atomic E-state index is 0.266. The summed E-state index contributed by atoms with van der Waals surface area (Å²) in [5.41, 5.74) is 6.28. The third-order valence-electron chi connectivity index (χ3n) is 2.55. The number of aromatic nitrogens is 1. The molecule has 3 nitrogen and oxygen atoms in total. The second-order valence-electron chi connectivity index (χ2n) is 3.96. The summed E-state index contributed by atoms with van der Waals surface area (Å²) in [6.45, 7) is 1.76. The second-order valence-corrected chi connectivity index (χ2v) is 5.29. The van der Waals surface area contributed by atoms with Crippen molar-refractivity contribution >= 4 is 33.3 Å². The smallest absolute Gasteiger partial charge is 0.166 e. The van der Waals surface area contributed by atoms with E-state index in [2.05, 4.69) is 20.9 Å². The van der Waals surface area contributed by atoms with Gasteiger partial charge in [-0.15, -0.1) is 0 Å². The summed E-state index contributed by atoms with van der Waals surface area (Å²) in [5, 5.41) is 0.440. The third kappa shape index (κ3) is 3.36. The quantitative estimate of drug-likeness (QED) is 0.899. The summed E-state index contributed by atoms with van der Waals surface area (Å²) in [5.74, 6) is 0.319. The van der Waals surface area contributed by atoms with Crippen LogP contribution in [0.4, 0.5) is 10.2 Å². The molecule has 0 aliphatic carbocycles. The predicted octanol–water partition coefficient (Wildman–Crippen LogP) is 4.36. The van der Waals surface area contributed by atoms with Crippen molar-refractivity contribution in [2.75, 3.05) is 5.73 Å². The van der Waals surface area contributed by atoms with E-state index in [-0.39, 0.29) is 11.6 Å². The summed E-state index contributed by atoms with van der Waals surface area (Å²) in [4.78, 5) is 3.96. The van der Waals surface area contributed by atoms with Crippen LogP contribution in [0.5, 0.6) is 5.75 Å². The first-order valence-electron chi connectivity index (χ1n) is 5.50. The number of benzene rings is 1. The lowest BCUT2D eigenvalue weighted by Crippen LogP contribution is -2.06. The molecule has 0 aliphatic rings. The van der Waals surface area contributed by atoms with Gasteiger partial charge in [0.1, 0.15) is 11.9 Å². The Hall–Kier alpha value is -1.33. The van der Waals surface area contributed by atoms with E-state index < -0.39 is 6.10 Å². The molecule has 1 aromatic heterocycles. The molecule has 19 heavy (non-hydrogen) atoms. The van der Waals surface area contributed by atoms with Crippen molar-refractivity contribution in [3.8, 4) is 5.75 Å². The number of pyridine rings is 1. The number of nitrogens with two attached hydrogens (primary N) is 1. The summed E-state index contributed by atoms with van der Waals surface area (Å²) in [6, 6.07) is 5.84. The van der Waals surface area contributed by atoms with Gasteiger partial charge in [0.25, 0.3) is 0 Å². The highest BCUT2D eigenvalue weighted by atomic mass is 79.9. The van der Waals surface area contributed by atoms with Gasteiger partial charge in [-0.1, -0.05) is 11.6 Å². The molecule has 0 spiro atoms. The summed E-state index contributed by atoms with van der Waals surface area (Å²) in [7, 11) is 0. The SMILES string of the molecule is C[C@@H](Oc1cc(Br)cnc1N)c1cc(F)ccc1Cl. The monoisotopic (exact) mass is 344 g/mol. The van der Waals surface area contributed by atoms with E-state index >= 15 is 0 Å². The molecule has 0 unspecified atom stereocenters. The first kappa shape index (κ1) is 14.1. The fourth-order valence-electron chi connectivity index (χ4n) is 1.61. The number of halogens is 3. The van der Waals surface area contributed by atoms with E-state index in [9.17, 15) is 4.39 Å². The van der Waals surface area contributed by atoms with Crippen molar-refractivity contribution in [2.45, 2.75) is 13.0 Å². The number of anilines is 1. The maximum Gasteiger partial charge on any atom is 0.166 e. The number of nitrogens with zero attached hydrogens (tertiary/aromatic N) is 1. The van der Waals surface area contributed by atoms with Gasteiger partial charge in [0, 0.05) is 21.3 Å². The molecule has 6 heteroatoms. The van der Waals surface area contributed by atoms with Crippen LogP contribution in [0.1, 0.15) is 18.6 Å². The van der Waals surface area contributed by atoms with Gasteiger partial charge in [-0.05, 0) is 47.1 Å². The van der Waals surface area contributed by atoms with Gasteiger partial charge in [-0.25, -0.2) is 9.37 Å². The van der Waals surface area contributed by atoms with Crippen LogP contribution in [0.2, 0.25) is 5.02 Å². The van der Waals surface area contributed by atoms with E-state index in [4.69, 9.17) is 22.1 Å². The van der Waals surface area contributed by atoms with Gasteiger partial charge < -0.3 is 10.5 Å². The van der Waals surface area contributed by atoms with E-state index in [1.165, 1.54) is 18.2 Å². The molecular weight excluding hydrogens is 335 g/mol. The molecule has 0 amide bonds. The largest absolute Gasteiger partial charge is 0.482 e. The topological polar surface area (TPSA) is 48.1 Å². The Morgan fingerprint density at radius 2 is 2.16 bits per heavy atom. The molecule has 0 bridgehead atoms. The standard InChI is InChI=1S/C13H11BrClFN2O/c1-7(10-5-9(16)2-3-11(10)15)19-12-4-8(14)6-18-13(12)17/h2-7H,1H3,(H2,17,18)/t7-/m1/s1. The Labute approximate surface area is 123 Å². The first-order valence-corrected chi connectivity index (χ1v) is 6.67. The Bertz CT molecular complexity index is 609. The molecule has 1 aromatic carbocycles. The molecule has 1 heterocycles. The van der Waals surface area contributed by atoms with Crippen molar-refractivity contribution < 1.29 is 9.13 Å². The van der Waals surface area contributed by atoms with Gasteiger partial charge in [-0.2, -0.15) is 0 Å². The van der Waals surface area contributed by atoms with Gasteiger partial charge in [0.2, 0.25) is 0 Å². The van der Waals surface area contributed by atoms with Gasteiger partial charge in [-0.3, -0.25) is 0 Å². The zero-order chi connectivity index (χ0) is 14.0. The number of hydrogen-bond donors (Lipinski definition) is 1. The zero-order valence-electron chi connectivity index (χ0n) is 10.0. The highest BCUT2D eigenvalue weighted by Gasteiger charge is 2.14. The van der Waals surface area contributed by atoms with Gasteiger partial charge >= 0.3 is 0 Å². The van der Waals surface area contributed by atoms with E-state index in [1.54, 1.807) is 19.2 Å². The highest BCUT2D eigenvalue weighted by molar-refractivity contribution is 9.10. The average Bonchev–Trinajstić information content (AvgIpc) is 2.36. The molecule has 100 valence electrons. The van der Waals surface area contributed by atoms with Crippen LogP contribution in [0.25, 0.3) is 0 Å². The predicted molar refractivity (Wildman–Crippen MR) is 76.8 cm³/mol. The third-order valence-corrected chi connectivity index (χ3v) is 3.33. The minimum Gasteiger partial charge on any atom is -0.482 e. The zero-order valence-corrected chi connectivity index (χ0v) is 12.4. The van der Waals surface area contributed by atoms with Crippen LogP contribution >= 0.6 is 27.5 Å². The first-order chi connectivity index (χ1) is 8.97. The Balaban J connectivity index is 2.27. The van der Waals surface area contributed by atoms with Crippen molar-refractivity contribution in [1.29, 1.82) is 0 Å². The molecule has 0 aliphatic heterocycles. The Kier molecular flexibility index (Phi) is 4.27. The van der Waals surface area contributed by atoms with Crippen molar-refractivity contribution in [1.82, 2.24) is 4.98 Å². The molecule has 2 aromatic rings. The van der Waals surface area contributed by atoms with Crippen molar-refractivity contribution in [3.63, 3.8) is 0 Å². The maximum absolute atomic E-state index is 13.2. The molecule has 2 rings (SSSR count). The summed E-state index contributed by atoms with van der Waals surface area (Å²) < 4.78 is 19.7.